The molecule has 0 bridgehead atoms. The van der Waals surface area contributed by atoms with Crippen LogP contribution in [0.2, 0.25) is 0 Å². The van der Waals surface area contributed by atoms with E-state index < -0.39 is 22.0 Å². The Bertz CT molecular complexity index is 944. The summed E-state index contributed by atoms with van der Waals surface area (Å²) in [5, 5.41) is 2.73. The average molecular weight is 423 g/mol. The van der Waals surface area contributed by atoms with E-state index in [0.717, 1.165) is 10.6 Å². The molecule has 1 atom stereocenters. The van der Waals surface area contributed by atoms with E-state index in [4.69, 9.17) is 14.2 Å². The van der Waals surface area contributed by atoms with Gasteiger partial charge in [-0.15, -0.1) is 0 Å². The molecule has 0 aliphatic rings. The lowest BCUT2D eigenvalue weighted by Gasteiger charge is -2.29. The lowest BCUT2D eigenvalue weighted by Crippen LogP contribution is -2.45. The van der Waals surface area contributed by atoms with Crippen molar-refractivity contribution in [1.29, 1.82) is 0 Å². The zero-order valence-corrected chi connectivity index (χ0v) is 17.9. The van der Waals surface area contributed by atoms with Gasteiger partial charge < -0.3 is 19.5 Å². The zero-order valence-electron chi connectivity index (χ0n) is 17.1. The van der Waals surface area contributed by atoms with E-state index in [2.05, 4.69) is 5.32 Å². The van der Waals surface area contributed by atoms with Crippen LogP contribution in [0.5, 0.6) is 17.2 Å². The molecule has 0 unspecified atom stereocenters. The first-order valence-corrected chi connectivity index (χ1v) is 10.8. The molecule has 0 saturated carbocycles. The Kier molecular flexibility index (Phi) is 7.33. The van der Waals surface area contributed by atoms with Gasteiger partial charge in [-0.1, -0.05) is 0 Å². The summed E-state index contributed by atoms with van der Waals surface area (Å²) in [4.78, 5) is 12.8. The van der Waals surface area contributed by atoms with E-state index in [1.807, 2.05) is 6.92 Å². The van der Waals surface area contributed by atoms with Gasteiger partial charge in [0.05, 0.1) is 32.8 Å². The minimum Gasteiger partial charge on any atom is -0.497 e. The molecule has 2 aromatic carbocycles. The van der Waals surface area contributed by atoms with Gasteiger partial charge in [-0.05, 0) is 50.2 Å². The van der Waals surface area contributed by atoms with Crippen molar-refractivity contribution in [3.63, 3.8) is 0 Å². The highest BCUT2D eigenvalue weighted by molar-refractivity contribution is 7.92. The van der Waals surface area contributed by atoms with Crippen LogP contribution in [-0.4, -0.2) is 47.4 Å². The Balaban J connectivity index is 2.34. The minimum absolute atomic E-state index is 0.212. The molecule has 8 nitrogen and oxygen atoms in total. The predicted molar refractivity (Wildman–Crippen MR) is 113 cm³/mol. The number of benzene rings is 2. The summed E-state index contributed by atoms with van der Waals surface area (Å²) in [5.74, 6) is 0.924. The summed E-state index contributed by atoms with van der Waals surface area (Å²) in [6, 6.07) is 10.5. The van der Waals surface area contributed by atoms with Gasteiger partial charge >= 0.3 is 0 Å². The van der Waals surface area contributed by atoms with Crippen molar-refractivity contribution in [2.45, 2.75) is 19.9 Å². The summed E-state index contributed by atoms with van der Waals surface area (Å²) >= 11 is 0. The van der Waals surface area contributed by atoms with Gasteiger partial charge in [-0.3, -0.25) is 9.10 Å². The SMILES string of the molecule is CCOc1ccc(NC(=O)[C@H](C)N(c2cc(OC)ccc2OC)S(C)(=O)=O)cc1. The average Bonchev–Trinajstić information content (AvgIpc) is 2.68. The predicted octanol–water partition coefficient (Wildman–Crippen LogP) is 2.90. The van der Waals surface area contributed by atoms with E-state index in [9.17, 15) is 13.2 Å². The minimum atomic E-state index is -3.81. The molecule has 158 valence electrons. The number of hydrogen-bond donors (Lipinski definition) is 1. The van der Waals surface area contributed by atoms with Crippen LogP contribution in [0.15, 0.2) is 42.5 Å². The second-order valence-corrected chi connectivity index (χ2v) is 8.08. The molecular weight excluding hydrogens is 396 g/mol. The third kappa shape index (κ3) is 5.54. The lowest BCUT2D eigenvalue weighted by atomic mass is 10.2. The molecule has 1 amide bonds. The first-order chi connectivity index (χ1) is 13.7. The van der Waals surface area contributed by atoms with Gasteiger partial charge in [0.2, 0.25) is 15.9 Å². The highest BCUT2D eigenvalue weighted by Crippen LogP contribution is 2.35. The quantitative estimate of drug-likeness (QED) is 0.668. The van der Waals surface area contributed by atoms with Crippen molar-refractivity contribution in [1.82, 2.24) is 0 Å². The summed E-state index contributed by atoms with van der Waals surface area (Å²) in [7, 11) is -0.912. The van der Waals surface area contributed by atoms with Crippen molar-refractivity contribution in [3.8, 4) is 17.2 Å². The van der Waals surface area contributed by atoms with Crippen LogP contribution in [0.1, 0.15) is 13.8 Å². The van der Waals surface area contributed by atoms with Gasteiger partial charge in [-0.2, -0.15) is 0 Å². The maximum atomic E-state index is 12.8. The Morgan fingerprint density at radius 2 is 1.69 bits per heavy atom. The Labute approximate surface area is 171 Å². The van der Waals surface area contributed by atoms with Crippen molar-refractivity contribution in [2.24, 2.45) is 0 Å². The maximum absolute atomic E-state index is 12.8. The van der Waals surface area contributed by atoms with Gasteiger partial charge in [0.1, 0.15) is 23.3 Å². The second kappa shape index (κ2) is 9.51. The third-order valence-electron chi connectivity index (χ3n) is 4.14. The molecule has 0 saturated heterocycles. The normalized spacial score (nSPS) is 12.0. The van der Waals surface area contributed by atoms with Gasteiger partial charge in [0.25, 0.3) is 0 Å². The number of carbonyl (C=O) groups excluding carboxylic acids is 1. The first-order valence-electron chi connectivity index (χ1n) is 8.96. The topological polar surface area (TPSA) is 94.2 Å². The number of amides is 1. The lowest BCUT2D eigenvalue weighted by molar-refractivity contribution is -0.116. The molecule has 0 fully saturated rings. The molecule has 2 aromatic rings. The van der Waals surface area contributed by atoms with E-state index in [-0.39, 0.29) is 5.69 Å². The summed E-state index contributed by atoms with van der Waals surface area (Å²) in [6.07, 6.45) is 1.03. The molecule has 0 aliphatic heterocycles. The molecule has 0 spiro atoms. The van der Waals surface area contributed by atoms with Crippen LogP contribution in [0.4, 0.5) is 11.4 Å². The highest BCUT2D eigenvalue weighted by Gasteiger charge is 2.31. The number of nitrogens with zero attached hydrogens (tertiary/aromatic N) is 1. The van der Waals surface area contributed by atoms with Gasteiger partial charge in [-0.25, -0.2) is 8.42 Å². The summed E-state index contributed by atoms with van der Waals surface area (Å²) in [6.45, 7) is 3.92. The number of anilines is 2. The Hall–Kier alpha value is -2.94. The molecule has 0 aromatic heterocycles. The fourth-order valence-corrected chi connectivity index (χ4v) is 3.97. The van der Waals surface area contributed by atoms with Crippen molar-refractivity contribution < 1.29 is 27.4 Å². The summed E-state index contributed by atoms with van der Waals surface area (Å²) < 4.78 is 42.0. The van der Waals surface area contributed by atoms with Crippen LogP contribution >= 0.6 is 0 Å². The van der Waals surface area contributed by atoms with Gasteiger partial charge in [0.15, 0.2) is 0 Å². The molecule has 0 heterocycles. The number of ether oxygens (including phenoxy) is 3. The fraction of sp³-hybridized carbons (Fsp3) is 0.350. The number of nitrogens with one attached hydrogen (secondary N) is 1. The standard InChI is InChI=1S/C20H26N2O6S/c1-6-28-16-9-7-15(8-10-16)21-20(23)14(2)22(29(5,24)25)18-13-17(26-3)11-12-19(18)27-4/h7-14H,6H2,1-5H3,(H,21,23)/t14-/m0/s1. The molecule has 2 rings (SSSR count). The van der Waals surface area contributed by atoms with Crippen molar-refractivity contribution >= 4 is 27.3 Å². The largest absolute Gasteiger partial charge is 0.497 e. The Morgan fingerprint density at radius 1 is 1.07 bits per heavy atom. The number of methoxy groups -OCH3 is 2. The fourth-order valence-electron chi connectivity index (χ4n) is 2.80. The van der Waals surface area contributed by atoms with Crippen LogP contribution in [0.3, 0.4) is 0 Å². The number of hydrogen-bond acceptors (Lipinski definition) is 6. The molecule has 0 radical (unpaired) electrons. The van der Waals surface area contributed by atoms with E-state index in [1.54, 1.807) is 36.4 Å². The monoisotopic (exact) mass is 422 g/mol. The molecule has 29 heavy (non-hydrogen) atoms. The molecule has 1 N–H and O–H groups in total. The first kappa shape index (κ1) is 22.4. The zero-order chi connectivity index (χ0) is 21.6. The van der Waals surface area contributed by atoms with Crippen LogP contribution in [-0.2, 0) is 14.8 Å². The number of rotatable bonds is 9. The number of sulfonamides is 1. The van der Waals surface area contributed by atoms with Crippen molar-refractivity contribution in [3.05, 3.63) is 42.5 Å². The smallest absolute Gasteiger partial charge is 0.247 e. The number of carbonyl (C=O) groups is 1. The maximum Gasteiger partial charge on any atom is 0.247 e. The third-order valence-corrected chi connectivity index (χ3v) is 5.37. The van der Waals surface area contributed by atoms with Crippen LogP contribution < -0.4 is 23.8 Å². The van der Waals surface area contributed by atoms with E-state index >= 15 is 0 Å². The van der Waals surface area contributed by atoms with Crippen LogP contribution in [0.25, 0.3) is 0 Å². The van der Waals surface area contributed by atoms with Crippen LogP contribution in [0, 0.1) is 0 Å². The van der Waals surface area contributed by atoms with E-state index in [1.165, 1.54) is 27.2 Å². The molecular formula is C20H26N2O6S. The molecule has 0 aliphatic carbocycles. The highest BCUT2D eigenvalue weighted by atomic mass is 32.2. The summed E-state index contributed by atoms with van der Waals surface area (Å²) in [5.41, 5.74) is 0.736. The van der Waals surface area contributed by atoms with E-state index in [0.29, 0.717) is 29.5 Å². The van der Waals surface area contributed by atoms with Gasteiger partial charge in [0, 0.05) is 11.8 Å². The molecule has 9 heteroatoms. The Morgan fingerprint density at radius 3 is 2.21 bits per heavy atom. The van der Waals surface area contributed by atoms with Crippen molar-refractivity contribution in [2.75, 3.05) is 36.7 Å². The second-order valence-electron chi connectivity index (χ2n) is 6.22.